The minimum absolute atomic E-state index is 0.106. The van der Waals surface area contributed by atoms with Gasteiger partial charge in [0.25, 0.3) is 5.56 Å². The Balaban J connectivity index is 1.57. The molecule has 0 saturated carbocycles. The summed E-state index contributed by atoms with van der Waals surface area (Å²) in [5.41, 5.74) is 1.49. The van der Waals surface area contributed by atoms with E-state index in [1.54, 1.807) is 35.0 Å². The third kappa shape index (κ3) is 3.92. The van der Waals surface area contributed by atoms with Gasteiger partial charge in [-0.25, -0.2) is 9.67 Å². The predicted octanol–water partition coefficient (Wildman–Crippen LogP) is 3.49. The predicted molar refractivity (Wildman–Crippen MR) is 110 cm³/mol. The normalized spacial score (nSPS) is 10.9. The van der Waals surface area contributed by atoms with Crippen LogP contribution in [0.25, 0.3) is 16.7 Å². The van der Waals surface area contributed by atoms with Gasteiger partial charge in [-0.3, -0.25) is 9.59 Å². The Morgan fingerprint density at radius 2 is 2.00 bits per heavy atom. The fraction of sp³-hybridized carbons (Fsp3) is 0.0526. The lowest BCUT2D eigenvalue weighted by Gasteiger charge is -2.06. The smallest absolute Gasteiger partial charge is 0.262 e. The quantitative estimate of drug-likeness (QED) is 0.387. The lowest BCUT2D eigenvalue weighted by Crippen LogP contribution is -2.15. The number of thioether (sulfide) groups is 1. The van der Waals surface area contributed by atoms with Gasteiger partial charge in [0.15, 0.2) is 10.8 Å². The largest absolute Gasteiger partial charge is 0.325 e. The van der Waals surface area contributed by atoms with Crippen molar-refractivity contribution in [2.24, 2.45) is 0 Å². The van der Waals surface area contributed by atoms with Crippen molar-refractivity contribution >= 4 is 46.0 Å². The van der Waals surface area contributed by atoms with Gasteiger partial charge in [-0.1, -0.05) is 47.6 Å². The van der Waals surface area contributed by atoms with Crippen LogP contribution in [0.4, 0.5) is 5.69 Å². The first-order chi connectivity index (χ1) is 13.6. The molecule has 0 atom stereocenters. The van der Waals surface area contributed by atoms with Gasteiger partial charge < -0.3 is 10.3 Å². The first kappa shape index (κ1) is 18.3. The van der Waals surface area contributed by atoms with Crippen molar-refractivity contribution in [3.63, 3.8) is 0 Å². The SMILES string of the molecule is O=C(CSc1nc2c(cnn2-c2cccc(Cl)c2)c(=O)[nH]1)Nc1ccccc1. The number of aromatic amines is 1. The van der Waals surface area contributed by atoms with E-state index in [1.165, 1.54) is 6.20 Å². The van der Waals surface area contributed by atoms with Crippen molar-refractivity contribution < 1.29 is 4.79 Å². The van der Waals surface area contributed by atoms with Crippen molar-refractivity contribution in [3.05, 3.63) is 76.2 Å². The fourth-order valence-electron chi connectivity index (χ4n) is 2.62. The number of fused-ring (bicyclic) bond motifs is 1. The second-order valence-corrected chi connectivity index (χ2v) is 7.25. The van der Waals surface area contributed by atoms with E-state index < -0.39 is 0 Å². The number of para-hydroxylation sites is 1. The Labute approximate surface area is 168 Å². The van der Waals surface area contributed by atoms with Crippen LogP contribution in [-0.2, 0) is 4.79 Å². The summed E-state index contributed by atoms with van der Waals surface area (Å²) in [5.74, 6) is -0.0865. The number of hydrogen-bond acceptors (Lipinski definition) is 5. The standard InChI is InChI=1S/C19H14ClN5O2S/c20-12-5-4-8-14(9-12)25-17-15(10-21-25)18(27)24-19(23-17)28-11-16(26)22-13-6-2-1-3-7-13/h1-10H,11H2,(H,22,26)(H,23,24,27). The molecule has 4 aromatic rings. The number of H-pyrrole nitrogens is 1. The van der Waals surface area contributed by atoms with Crippen molar-refractivity contribution in [1.29, 1.82) is 0 Å². The van der Waals surface area contributed by atoms with E-state index in [4.69, 9.17) is 11.6 Å². The van der Waals surface area contributed by atoms with Crippen LogP contribution < -0.4 is 10.9 Å². The van der Waals surface area contributed by atoms with Gasteiger partial charge in [0, 0.05) is 10.7 Å². The van der Waals surface area contributed by atoms with E-state index in [9.17, 15) is 9.59 Å². The molecule has 0 fully saturated rings. The Hall–Kier alpha value is -3.10. The topological polar surface area (TPSA) is 92.7 Å². The molecule has 2 aromatic carbocycles. The summed E-state index contributed by atoms with van der Waals surface area (Å²) in [6.07, 6.45) is 1.46. The minimum Gasteiger partial charge on any atom is -0.325 e. The molecule has 0 spiro atoms. The van der Waals surface area contributed by atoms with Crippen LogP contribution in [0.1, 0.15) is 0 Å². The number of benzene rings is 2. The lowest BCUT2D eigenvalue weighted by atomic mass is 10.3. The average Bonchev–Trinajstić information content (AvgIpc) is 3.12. The highest BCUT2D eigenvalue weighted by Gasteiger charge is 2.13. The molecule has 0 radical (unpaired) electrons. The summed E-state index contributed by atoms with van der Waals surface area (Å²) >= 11 is 7.19. The molecule has 28 heavy (non-hydrogen) atoms. The number of rotatable bonds is 5. The van der Waals surface area contributed by atoms with Gasteiger partial charge >= 0.3 is 0 Å². The fourth-order valence-corrected chi connectivity index (χ4v) is 3.46. The average molecular weight is 412 g/mol. The van der Waals surface area contributed by atoms with Crippen LogP contribution in [0.5, 0.6) is 0 Å². The summed E-state index contributed by atoms with van der Waals surface area (Å²) in [5, 5.41) is 8.29. The summed E-state index contributed by atoms with van der Waals surface area (Å²) in [6, 6.07) is 16.3. The lowest BCUT2D eigenvalue weighted by molar-refractivity contribution is -0.113. The molecule has 1 amide bonds. The molecule has 2 heterocycles. The van der Waals surface area contributed by atoms with Crippen LogP contribution in [0.3, 0.4) is 0 Å². The Morgan fingerprint density at radius 3 is 2.79 bits per heavy atom. The van der Waals surface area contributed by atoms with Gasteiger partial charge in [0.2, 0.25) is 5.91 Å². The highest BCUT2D eigenvalue weighted by atomic mass is 35.5. The molecule has 0 bridgehead atoms. The van der Waals surface area contributed by atoms with Crippen LogP contribution in [0, 0.1) is 0 Å². The van der Waals surface area contributed by atoms with Gasteiger partial charge in [-0.05, 0) is 30.3 Å². The third-order valence-corrected chi connectivity index (χ3v) is 4.98. The maximum absolute atomic E-state index is 12.4. The summed E-state index contributed by atoms with van der Waals surface area (Å²) in [7, 11) is 0. The number of nitrogens with one attached hydrogen (secondary N) is 2. The molecule has 0 aliphatic rings. The number of carbonyl (C=O) groups is 1. The molecule has 0 saturated heterocycles. The van der Waals surface area contributed by atoms with E-state index >= 15 is 0 Å². The number of nitrogens with zero attached hydrogens (tertiary/aromatic N) is 3. The second-order valence-electron chi connectivity index (χ2n) is 5.85. The molecule has 0 unspecified atom stereocenters. The van der Waals surface area contributed by atoms with Crippen LogP contribution in [0.2, 0.25) is 5.02 Å². The molecule has 0 aliphatic carbocycles. The molecule has 0 aliphatic heterocycles. The Morgan fingerprint density at radius 1 is 1.18 bits per heavy atom. The van der Waals surface area contributed by atoms with Gasteiger partial charge in [0.1, 0.15) is 5.39 Å². The maximum Gasteiger partial charge on any atom is 0.262 e. The number of carbonyl (C=O) groups excluding carboxylic acids is 1. The van der Waals surface area contributed by atoms with Crippen LogP contribution in [-0.4, -0.2) is 31.4 Å². The molecule has 7 nitrogen and oxygen atoms in total. The highest BCUT2D eigenvalue weighted by molar-refractivity contribution is 7.99. The first-order valence-corrected chi connectivity index (χ1v) is 9.68. The first-order valence-electron chi connectivity index (χ1n) is 8.32. The molecular weight excluding hydrogens is 398 g/mol. The minimum atomic E-state index is -0.316. The number of halogens is 1. The Kier molecular flexibility index (Phi) is 5.14. The number of aromatic nitrogens is 4. The number of anilines is 1. The summed E-state index contributed by atoms with van der Waals surface area (Å²) in [4.78, 5) is 31.6. The second kappa shape index (κ2) is 7.87. The number of amides is 1. The Bertz CT molecular complexity index is 1210. The molecule has 9 heteroatoms. The third-order valence-electron chi connectivity index (χ3n) is 3.87. The number of hydrogen-bond donors (Lipinski definition) is 2. The zero-order chi connectivity index (χ0) is 19.5. The van der Waals surface area contributed by atoms with E-state index in [2.05, 4.69) is 20.4 Å². The maximum atomic E-state index is 12.4. The summed E-state index contributed by atoms with van der Waals surface area (Å²) < 4.78 is 1.55. The zero-order valence-corrected chi connectivity index (χ0v) is 16.0. The molecule has 4 rings (SSSR count). The summed E-state index contributed by atoms with van der Waals surface area (Å²) in [6.45, 7) is 0. The van der Waals surface area contributed by atoms with Gasteiger partial charge in [-0.2, -0.15) is 5.10 Å². The van der Waals surface area contributed by atoms with Crippen LogP contribution in [0.15, 0.2) is 70.7 Å². The van der Waals surface area contributed by atoms with E-state index in [-0.39, 0.29) is 17.2 Å². The highest BCUT2D eigenvalue weighted by Crippen LogP contribution is 2.20. The van der Waals surface area contributed by atoms with Crippen molar-refractivity contribution in [2.75, 3.05) is 11.1 Å². The van der Waals surface area contributed by atoms with E-state index in [0.29, 0.717) is 32.6 Å². The van der Waals surface area contributed by atoms with E-state index in [1.807, 2.05) is 24.3 Å². The monoisotopic (exact) mass is 411 g/mol. The molecule has 2 N–H and O–H groups in total. The van der Waals surface area contributed by atoms with E-state index in [0.717, 1.165) is 11.8 Å². The van der Waals surface area contributed by atoms with Gasteiger partial charge in [-0.15, -0.1) is 0 Å². The zero-order valence-electron chi connectivity index (χ0n) is 14.4. The van der Waals surface area contributed by atoms with Crippen molar-refractivity contribution in [1.82, 2.24) is 19.7 Å². The van der Waals surface area contributed by atoms with Gasteiger partial charge in [0.05, 0.1) is 17.6 Å². The molecule has 2 aromatic heterocycles. The molecule has 140 valence electrons. The van der Waals surface area contributed by atoms with Crippen molar-refractivity contribution in [3.8, 4) is 5.69 Å². The van der Waals surface area contributed by atoms with Crippen LogP contribution >= 0.6 is 23.4 Å². The molecular formula is C19H14ClN5O2S. The van der Waals surface area contributed by atoms with Crippen molar-refractivity contribution in [2.45, 2.75) is 5.16 Å².